The number of aromatic nitrogens is 1. The molecule has 0 saturated carbocycles. The van der Waals surface area contributed by atoms with Gasteiger partial charge >= 0.3 is 0 Å². The minimum absolute atomic E-state index is 0.459. The second-order valence-corrected chi connectivity index (χ2v) is 9.25. The summed E-state index contributed by atoms with van der Waals surface area (Å²) in [6, 6.07) is 18.7. The van der Waals surface area contributed by atoms with Gasteiger partial charge in [0.15, 0.2) is 0 Å². The van der Waals surface area contributed by atoms with E-state index in [0.29, 0.717) is 18.1 Å². The van der Waals surface area contributed by atoms with Crippen LogP contribution >= 0.6 is 0 Å². The van der Waals surface area contributed by atoms with Gasteiger partial charge in [-0.2, -0.15) is 0 Å². The molecule has 3 rings (SSSR count). The topological polar surface area (TPSA) is 81.4 Å². The third-order valence-corrected chi connectivity index (χ3v) is 6.11. The van der Waals surface area contributed by atoms with E-state index in [2.05, 4.69) is 67.2 Å². The highest BCUT2D eigenvalue weighted by atomic mass is 16.5. The Morgan fingerprint density at radius 3 is 2.36 bits per heavy atom. The molecule has 0 radical (unpaired) electrons. The second kappa shape index (κ2) is 14.3. The van der Waals surface area contributed by atoms with Crippen molar-refractivity contribution in [1.82, 2.24) is 10.3 Å². The molecule has 0 fully saturated rings. The first-order chi connectivity index (χ1) is 18.8. The first kappa shape index (κ1) is 28.9. The number of nitrogens with two attached hydrogens (primary N) is 1. The van der Waals surface area contributed by atoms with E-state index in [-0.39, 0.29) is 0 Å². The fourth-order valence-corrected chi connectivity index (χ4v) is 3.71. The van der Waals surface area contributed by atoms with E-state index in [1.807, 2.05) is 48.8 Å². The van der Waals surface area contributed by atoms with E-state index in [4.69, 9.17) is 15.2 Å². The molecule has 1 aromatic heterocycles. The number of rotatable bonds is 12. The highest BCUT2D eigenvalue weighted by Gasteiger charge is 2.09. The molecule has 0 aliphatic carbocycles. The van der Waals surface area contributed by atoms with Crippen molar-refractivity contribution in [3.05, 3.63) is 126 Å². The Bertz CT molecular complexity index is 1380. The Kier molecular flexibility index (Phi) is 10.6. The number of benzene rings is 2. The zero-order valence-electron chi connectivity index (χ0n) is 23.4. The third-order valence-electron chi connectivity index (χ3n) is 6.11. The van der Waals surface area contributed by atoms with Crippen LogP contribution in [-0.2, 0) is 9.47 Å². The molecule has 2 aromatic carbocycles. The number of anilines is 2. The maximum absolute atomic E-state index is 6.24. The van der Waals surface area contributed by atoms with Crippen molar-refractivity contribution in [2.24, 2.45) is 0 Å². The normalized spacial score (nSPS) is 12.4. The summed E-state index contributed by atoms with van der Waals surface area (Å²) in [6.45, 7) is 10.8. The molecule has 0 spiro atoms. The number of ether oxygens (including phenoxy) is 2. The number of aryl methyl sites for hydroxylation is 1. The molecule has 0 unspecified atom stereocenters. The van der Waals surface area contributed by atoms with Crippen LogP contribution in [0.4, 0.5) is 11.5 Å². The van der Waals surface area contributed by atoms with E-state index < -0.39 is 0 Å². The van der Waals surface area contributed by atoms with Crippen LogP contribution in [0.5, 0.6) is 0 Å². The zero-order valence-corrected chi connectivity index (χ0v) is 23.4. The third kappa shape index (κ3) is 8.68. The number of pyridine rings is 1. The number of hydrogen-bond donors (Lipinski definition) is 3. The Hall–Kier alpha value is -4.71. The van der Waals surface area contributed by atoms with Gasteiger partial charge in [0.2, 0.25) is 0 Å². The van der Waals surface area contributed by atoms with E-state index in [1.165, 1.54) is 22.3 Å². The monoisotopic (exact) mass is 522 g/mol. The van der Waals surface area contributed by atoms with Crippen LogP contribution in [-0.4, -0.2) is 25.7 Å². The molecular formula is C33H38N4O2. The summed E-state index contributed by atoms with van der Waals surface area (Å²) in [5, 5.41) is 6.76. The number of hydrogen-bond acceptors (Lipinski definition) is 6. The van der Waals surface area contributed by atoms with E-state index in [9.17, 15) is 0 Å². The lowest BCUT2D eigenvalue weighted by Gasteiger charge is -2.11. The number of nitrogens with one attached hydrogen (secondary N) is 2. The first-order valence-corrected chi connectivity index (χ1v) is 12.7. The average Bonchev–Trinajstić information content (AvgIpc) is 2.95. The molecule has 0 bridgehead atoms. The molecule has 0 atom stereocenters. The smallest absolute Gasteiger partial charge is 0.131 e. The summed E-state index contributed by atoms with van der Waals surface area (Å²) < 4.78 is 10.4. The van der Waals surface area contributed by atoms with Gasteiger partial charge in [0.25, 0.3) is 0 Å². The number of methoxy groups -OCH3 is 2. The fourth-order valence-electron chi connectivity index (χ4n) is 3.71. The quantitative estimate of drug-likeness (QED) is 0.171. The molecule has 6 nitrogen and oxygen atoms in total. The van der Waals surface area contributed by atoms with Gasteiger partial charge in [0, 0.05) is 47.5 Å². The number of nitrogen functional groups attached to an aromatic ring is 1. The Labute approximate surface area is 232 Å². The fraction of sp³-hybridized carbons (Fsp3) is 0.182. The Balaban J connectivity index is 1.65. The molecule has 3 aromatic rings. The summed E-state index contributed by atoms with van der Waals surface area (Å²) in [5.41, 5.74) is 15.6. The van der Waals surface area contributed by atoms with Gasteiger partial charge in [-0.25, -0.2) is 4.98 Å². The highest BCUT2D eigenvalue weighted by molar-refractivity contribution is 5.81. The molecule has 0 saturated heterocycles. The summed E-state index contributed by atoms with van der Waals surface area (Å²) in [4.78, 5) is 4.41. The number of nitrogens with zero attached hydrogens (tertiary/aromatic N) is 1. The summed E-state index contributed by atoms with van der Waals surface area (Å²) in [5.74, 6) is 0.999. The van der Waals surface area contributed by atoms with Gasteiger partial charge in [-0.3, -0.25) is 0 Å². The molecule has 4 N–H and O–H groups in total. The second-order valence-electron chi connectivity index (χ2n) is 9.25. The van der Waals surface area contributed by atoms with E-state index in [1.54, 1.807) is 32.8 Å². The molecule has 202 valence electrons. The van der Waals surface area contributed by atoms with Gasteiger partial charge in [-0.15, -0.1) is 0 Å². The highest BCUT2D eigenvalue weighted by Crippen LogP contribution is 2.29. The van der Waals surface area contributed by atoms with Gasteiger partial charge in [0.05, 0.1) is 20.5 Å². The van der Waals surface area contributed by atoms with Crippen molar-refractivity contribution in [2.45, 2.75) is 20.8 Å². The molecule has 6 heteroatoms. The maximum Gasteiger partial charge on any atom is 0.131 e. The van der Waals surface area contributed by atoms with Crippen LogP contribution in [0.2, 0.25) is 0 Å². The van der Waals surface area contributed by atoms with Crippen molar-refractivity contribution >= 4 is 22.7 Å². The van der Waals surface area contributed by atoms with Crippen molar-refractivity contribution < 1.29 is 9.47 Å². The van der Waals surface area contributed by atoms with Gasteiger partial charge < -0.3 is 25.8 Å². The standard InChI is InChI=1S/C33H38N4O2/c1-23-7-10-27(11-8-23)25(3)20-35-18-24(2)19-36-31-15-13-28(14-16-31)32-17-30(21-37-33(32)34)29(22-38-5)12-9-26(4)39-6/h7-18,20-22,35-36H,4,19H2,1-3,5-6H3,(H2,34,37)/b12-9-,24-18+,25-20+,29-22+. The van der Waals surface area contributed by atoms with E-state index in [0.717, 1.165) is 28.0 Å². The van der Waals surface area contributed by atoms with Gasteiger partial charge in [0.1, 0.15) is 11.6 Å². The van der Waals surface area contributed by atoms with Crippen LogP contribution in [0, 0.1) is 6.92 Å². The molecule has 0 aliphatic rings. The van der Waals surface area contributed by atoms with Crippen LogP contribution in [0.25, 0.3) is 22.3 Å². The van der Waals surface area contributed by atoms with Crippen LogP contribution < -0.4 is 16.4 Å². The lowest BCUT2D eigenvalue weighted by Crippen LogP contribution is -2.06. The minimum atomic E-state index is 0.459. The largest absolute Gasteiger partial charge is 0.504 e. The van der Waals surface area contributed by atoms with Crippen molar-refractivity contribution in [1.29, 1.82) is 0 Å². The molecule has 0 amide bonds. The van der Waals surface area contributed by atoms with Gasteiger partial charge in [-0.1, -0.05) is 48.5 Å². The van der Waals surface area contributed by atoms with Crippen LogP contribution in [0.3, 0.4) is 0 Å². The zero-order chi connectivity index (χ0) is 28.2. The Morgan fingerprint density at radius 1 is 0.974 bits per heavy atom. The van der Waals surface area contributed by atoms with E-state index >= 15 is 0 Å². The SMILES string of the molecule is C=C(/C=C\C(=C/OC)c1cnc(N)c(-c2ccc(NC/C(C)=C/N/C=C(\C)c3ccc(C)cc3)cc2)c1)OC. The molecule has 39 heavy (non-hydrogen) atoms. The minimum Gasteiger partial charge on any atom is -0.504 e. The number of allylic oxidation sites excluding steroid dienone is 4. The lowest BCUT2D eigenvalue weighted by molar-refractivity contribution is 0.309. The van der Waals surface area contributed by atoms with Crippen molar-refractivity contribution in [3.63, 3.8) is 0 Å². The predicted octanol–water partition coefficient (Wildman–Crippen LogP) is 7.31. The van der Waals surface area contributed by atoms with Crippen molar-refractivity contribution in [3.8, 4) is 11.1 Å². The van der Waals surface area contributed by atoms with Gasteiger partial charge in [-0.05, 0) is 73.4 Å². The summed E-state index contributed by atoms with van der Waals surface area (Å²) >= 11 is 0. The maximum atomic E-state index is 6.24. The van der Waals surface area contributed by atoms with Crippen molar-refractivity contribution in [2.75, 3.05) is 31.8 Å². The van der Waals surface area contributed by atoms with Crippen LogP contribution in [0.1, 0.15) is 30.5 Å². The summed E-state index contributed by atoms with van der Waals surface area (Å²) in [6.07, 6.45) is 11.0. The molecule has 1 heterocycles. The predicted molar refractivity (Wildman–Crippen MR) is 165 cm³/mol. The first-order valence-electron chi connectivity index (χ1n) is 12.7. The summed E-state index contributed by atoms with van der Waals surface area (Å²) in [7, 11) is 3.18. The molecular weight excluding hydrogens is 484 g/mol. The average molecular weight is 523 g/mol. The lowest BCUT2D eigenvalue weighted by atomic mass is 10.0. The van der Waals surface area contributed by atoms with Crippen LogP contribution in [0.15, 0.2) is 110 Å². The molecule has 0 aliphatic heterocycles. The Morgan fingerprint density at radius 2 is 1.69 bits per heavy atom.